The van der Waals surface area contributed by atoms with E-state index in [1.54, 1.807) is 0 Å². The molecule has 0 saturated heterocycles. The van der Waals surface area contributed by atoms with Crippen LogP contribution in [0.5, 0.6) is 0 Å². The fraction of sp³-hybridized carbons (Fsp3) is 0.385. The maximum absolute atomic E-state index is 11.4. The molecule has 1 aromatic rings. The van der Waals surface area contributed by atoms with Crippen LogP contribution in [-0.2, 0) is 4.74 Å². The molecule has 0 aliphatic carbocycles. The van der Waals surface area contributed by atoms with Gasteiger partial charge in [-0.2, -0.15) is 0 Å². The number of carboxylic acids is 1. The van der Waals surface area contributed by atoms with Gasteiger partial charge in [0.25, 0.3) is 0 Å². The zero-order valence-corrected chi connectivity index (χ0v) is 15.4. The first-order valence-corrected chi connectivity index (χ1v) is 7.35. The Morgan fingerprint density at radius 2 is 1.27 bits per heavy atom. The summed E-state index contributed by atoms with van der Waals surface area (Å²) in [4.78, 5) is 22.3. The number of hydrogen-bond donors (Lipinski definition) is 1. The third-order valence-corrected chi connectivity index (χ3v) is 3.66. The Labute approximate surface area is 148 Å². The monoisotopic (exact) mass is 389 g/mol. The summed E-state index contributed by atoms with van der Waals surface area (Å²) in [5.74, 6) is -2.72. The Morgan fingerprint density at radius 3 is 1.55 bits per heavy atom. The van der Waals surface area contributed by atoms with Crippen molar-refractivity contribution in [1.82, 2.24) is 0 Å². The number of carboxylic acid groups (broad SMARTS) is 1. The van der Waals surface area contributed by atoms with Crippen LogP contribution in [0.4, 0.5) is 0 Å². The van der Waals surface area contributed by atoms with E-state index < -0.39 is 28.1 Å². The summed E-state index contributed by atoms with van der Waals surface area (Å²) in [5.41, 5.74) is 2.87. The smallest absolute Gasteiger partial charge is 0.340 e. The predicted molar refractivity (Wildman–Crippen MR) is 84.8 cm³/mol. The van der Waals surface area contributed by atoms with Gasteiger partial charge in [-0.15, -0.1) is 0 Å². The van der Waals surface area contributed by atoms with Gasteiger partial charge in [0, 0.05) is 5.56 Å². The van der Waals surface area contributed by atoms with Gasteiger partial charge in [-0.25, -0.2) is 4.79 Å². The SMILES string of the molecule is CC(C)(C)[NH3+].COC(=O)c1c(Cl)c(Cl)c(Cl)c(Cl)c1C(=O)[O-]. The van der Waals surface area contributed by atoms with Crippen LogP contribution in [0.15, 0.2) is 0 Å². The lowest BCUT2D eigenvalue weighted by molar-refractivity contribution is -0.458. The van der Waals surface area contributed by atoms with Gasteiger partial charge in [0.15, 0.2) is 0 Å². The number of carbonyl (C=O) groups is 2. The predicted octanol–water partition coefficient (Wildman–Crippen LogP) is 2.48. The Kier molecular flexibility index (Phi) is 7.95. The van der Waals surface area contributed by atoms with Crippen LogP contribution >= 0.6 is 46.4 Å². The molecule has 0 heterocycles. The van der Waals surface area contributed by atoms with Crippen LogP contribution in [0.25, 0.3) is 0 Å². The highest BCUT2D eigenvalue weighted by Gasteiger charge is 2.25. The van der Waals surface area contributed by atoms with Crippen molar-refractivity contribution >= 4 is 58.3 Å². The molecule has 0 atom stereocenters. The summed E-state index contributed by atoms with van der Waals surface area (Å²) in [6.07, 6.45) is 0. The number of rotatable bonds is 2. The highest BCUT2D eigenvalue weighted by atomic mass is 35.5. The van der Waals surface area contributed by atoms with Crippen LogP contribution in [0.2, 0.25) is 20.1 Å². The highest BCUT2D eigenvalue weighted by Crippen LogP contribution is 2.41. The lowest BCUT2D eigenvalue weighted by Crippen LogP contribution is -2.67. The lowest BCUT2D eigenvalue weighted by atomic mass is 10.1. The molecule has 1 aromatic carbocycles. The first-order chi connectivity index (χ1) is 9.82. The van der Waals surface area contributed by atoms with Crippen LogP contribution in [0.1, 0.15) is 41.5 Å². The number of ether oxygens (including phenoxy) is 1. The number of hydrogen-bond acceptors (Lipinski definition) is 4. The van der Waals surface area contributed by atoms with Gasteiger partial charge >= 0.3 is 5.97 Å². The summed E-state index contributed by atoms with van der Waals surface area (Å²) in [6, 6.07) is 0. The van der Waals surface area contributed by atoms with Crippen molar-refractivity contribution in [1.29, 1.82) is 0 Å². The van der Waals surface area contributed by atoms with Crippen molar-refractivity contribution in [2.24, 2.45) is 0 Å². The Bertz CT molecular complexity index is 591. The Balaban J connectivity index is 0.000000763. The Hall–Kier alpha value is -0.720. The molecule has 9 heteroatoms. The Morgan fingerprint density at radius 1 is 0.955 bits per heavy atom. The van der Waals surface area contributed by atoms with Crippen molar-refractivity contribution in [2.45, 2.75) is 26.3 Å². The summed E-state index contributed by atoms with van der Waals surface area (Å²) >= 11 is 22.8. The molecule has 22 heavy (non-hydrogen) atoms. The summed E-state index contributed by atoms with van der Waals surface area (Å²) in [5, 5.41) is 9.63. The second-order valence-electron chi connectivity index (χ2n) is 5.35. The van der Waals surface area contributed by atoms with Crippen LogP contribution in [0.3, 0.4) is 0 Å². The average Bonchev–Trinajstić information content (AvgIpc) is 2.37. The molecule has 0 aromatic heterocycles. The minimum atomic E-state index is -1.71. The number of quaternary nitrogens is 1. The molecule has 0 aliphatic rings. The van der Waals surface area contributed by atoms with Gasteiger partial charge < -0.3 is 20.4 Å². The quantitative estimate of drug-likeness (QED) is 0.476. The molecular formula is C13H15Cl4NO4. The van der Waals surface area contributed by atoms with Crippen LogP contribution in [0, 0.1) is 0 Å². The van der Waals surface area contributed by atoms with E-state index in [9.17, 15) is 14.7 Å². The van der Waals surface area contributed by atoms with E-state index in [-0.39, 0.29) is 20.6 Å². The first kappa shape index (κ1) is 21.3. The molecular weight excluding hydrogens is 376 g/mol. The second-order valence-corrected chi connectivity index (χ2v) is 6.86. The molecule has 0 amide bonds. The van der Waals surface area contributed by atoms with E-state index in [2.05, 4.69) is 31.2 Å². The molecule has 5 nitrogen and oxygen atoms in total. The number of halogens is 4. The lowest BCUT2D eigenvalue weighted by Gasteiger charge is -2.15. The van der Waals surface area contributed by atoms with Gasteiger partial charge in [0.2, 0.25) is 0 Å². The molecule has 0 unspecified atom stereocenters. The largest absolute Gasteiger partial charge is 0.545 e. The minimum absolute atomic E-state index is 0.233. The van der Waals surface area contributed by atoms with Crippen molar-refractivity contribution < 1.29 is 25.2 Å². The molecule has 0 aliphatic heterocycles. The molecule has 0 fully saturated rings. The van der Waals surface area contributed by atoms with Gasteiger partial charge in [0.05, 0.1) is 44.3 Å². The summed E-state index contributed by atoms with van der Waals surface area (Å²) in [7, 11) is 1.05. The average molecular weight is 391 g/mol. The number of esters is 1. The number of methoxy groups -OCH3 is 1. The highest BCUT2D eigenvalue weighted by molar-refractivity contribution is 6.53. The third-order valence-electron chi connectivity index (χ3n) is 1.86. The molecule has 1 rings (SSSR count). The zero-order chi connectivity index (χ0) is 17.8. The van der Waals surface area contributed by atoms with Crippen molar-refractivity contribution in [3.8, 4) is 0 Å². The second kappa shape index (κ2) is 8.22. The van der Waals surface area contributed by atoms with Crippen molar-refractivity contribution in [3.05, 3.63) is 31.2 Å². The van der Waals surface area contributed by atoms with E-state index in [1.807, 2.05) is 0 Å². The van der Waals surface area contributed by atoms with E-state index in [4.69, 9.17) is 46.4 Å². The van der Waals surface area contributed by atoms with E-state index >= 15 is 0 Å². The topological polar surface area (TPSA) is 94.1 Å². The fourth-order valence-corrected chi connectivity index (χ4v) is 2.12. The maximum Gasteiger partial charge on any atom is 0.340 e. The molecule has 124 valence electrons. The summed E-state index contributed by atoms with van der Waals surface area (Å²) in [6.45, 7) is 6.23. The molecule has 0 saturated carbocycles. The van der Waals surface area contributed by atoms with Gasteiger partial charge in [-0.3, -0.25) is 0 Å². The van der Waals surface area contributed by atoms with Crippen LogP contribution < -0.4 is 10.8 Å². The number of carbonyl (C=O) groups excluding carboxylic acids is 2. The van der Waals surface area contributed by atoms with Gasteiger partial charge in [-0.05, 0) is 20.8 Å². The number of benzene rings is 1. The first-order valence-electron chi connectivity index (χ1n) is 5.83. The summed E-state index contributed by atoms with van der Waals surface area (Å²) < 4.78 is 4.38. The fourth-order valence-electron chi connectivity index (χ4n) is 1.12. The number of aromatic carboxylic acids is 1. The van der Waals surface area contributed by atoms with Gasteiger partial charge in [0.1, 0.15) is 0 Å². The standard InChI is InChI=1S/C9H4Cl4O4.C4H11N/c1-17-9(16)3-2(8(14)15)4(10)6(12)7(13)5(3)11;1-4(2,3)5/h1H3,(H,14,15);5H2,1-3H3. The normalized spacial score (nSPS) is 10.6. The minimum Gasteiger partial charge on any atom is -0.545 e. The van der Waals surface area contributed by atoms with E-state index in [1.165, 1.54) is 0 Å². The van der Waals surface area contributed by atoms with Crippen molar-refractivity contribution in [3.63, 3.8) is 0 Å². The molecule has 0 radical (unpaired) electrons. The molecule has 3 N–H and O–H groups in total. The maximum atomic E-state index is 11.4. The third kappa shape index (κ3) is 5.82. The van der Waals surface area contributed by atoms with E-state index in [0.29, 0.717) is 0 Å². The van der Waals surface area contributed by atoms with Crippen molar-refractivity contribution in [2.75, 3.05) is 7.11 Å². The molecule has 0 bridgehead atoms. The van der Waals surface area contributed by atoms with Gasteiger partial charge in [-0.1, -0.05) is 46.4 Å². The molecule has 0 spiro atoms. The van der Waals surface area contributed by atoms with Crippen LogP contribution in [-0.4, -0.2) is 24.6 Å². The van der Waals surface area contributed by atoms with E-state index in [0.717, 1.165) is 7.11 Å². The zero-order valence-electron chi connectivity index (χ0n) is 12.4.